The topological polar surface area (TPSA) is 59.3 Å². The summed E-state index contributed by atoms with van der Waals surface area (Å²) in [5.41, 5.74) is 0.813. The highest BCUT2D eigenvalue weighted by atomic mass is 16.4. The summed E-state index contributed by atoms with van der Waals surface area (Å²) in [6.45, 7) is 3.50. The third-order valence-corrected chi connectivity index (χ3v) is 3.24. The van der Waals surface area contributed by atoms with Gasteiger partial charge in [-0.15, -0.1) is 0 Å². The van der Waals surface area contributed by atoms with Crippen molar-refractivity contribution in [2.75, 3.05) is 0 Å². The molecule has 0 saturated carbocycles. The number of carbonyl (C=O) groups is 1. The highest BCUT2D eigenvalue weighted by Gasteiger charge is 2.17. The SMILES string of the molecule is Cc1ccn(C(C)c2ccccc2)c(=O)c1C(=O)O. The Morgan fingerprint density at radius 3 is 2.42 bits per heavy atom. The molecule has 1 unspecified atom stereocenters. The van der Waals surface area contributed by atoms with E-state index in [1.165, 1.54) is 4.57 Å². The van der Waals surface area contributed by atoms with Crippen LogP contribution in [0.5, 0.6) is 0 Å². The molecule has 0 spiro atoms. The summed E-state index contributed by atoms with van der Waals surface area (Å²) < 4.78 is 1.45. The summed E-state index contributed by atoms with van der Waals surface area (Å²) in [5.74, 6) is -1.18. The number of aromatic nitrogens is 1. The molecule has 0 radical (unpaired) electrons. The van der Waals surface area contributed by atoms with E-state index in [0.717, 1.165) is 5.56 Å². The number of hydrogen-bond donors (Lipinski definition) is 1. The summed E-state index contributed by atoms with van der Waals surface area (Å²) in [4.78, 5) is 23.4. The normalized spacial score (nSPS) is 12.1. The van der Waals surface area contributed by atoms with Crippen molar-refractivity contribution < 1.29 is 9.90 Å². The molecule has 1 heterocycles. The Labute approximate surface area is 110 Å². The molecular formula is C15H15NO3. The van der Waals surface area contributed by atoms with E-state index >= 15 is 0 Å². The second-order valence-corrected chi connectivity index (χ2v) is 4.48. The van der Waals surface area contributed by atoms with Crippen molar-refractivity contribution in [1.82, 2.24) is 4.57 Å². The van der Waals surface area contributed by atoms with Crippen LogP contribution in [0.25, 0.3) is 0 Å². The number of benzene rings is 1. The third-order valence-electron chi connectivity index (χ3n) is 3.24. The monoisotopic (exact) mass is 257 g/mol. The molecule has 0 aliphatic heterocycles. The number of hydrogen-bond acceptors (Lipinski definition) is 2. The number of pyridine rings is 1. The molecule has 4 heteroatoms. The van der Waals surface area contributed by atoms with Crippen molar-refractivity contribution in [3.8, 4) is 0 Å². The summed E-state index contributed by atoms with van der Waals surface area (Å²) in [7, 11) is 0. The Balaban J connectivity index is 2.56. The maximum atomic E-state index is 12.2. The van der Waals surface area contributed by atoms with E-state index in [1.54, 1.807) is 19.2 Å². The van der Waals surface area contributed by atoms with Crippen LogP contribution in [0.15, 0.2) is 47.4 Å². The van der Waals surface area contributed by atoms with E-state index in [4.69, 9.17) is 5.11 Å². The molecular weight excluding hydrogens is 242 g/mol. The zero-order valence-corrected chi connectivity index (χ0v) is 10.8. The van der Waals surface area contributed by atoms with Crippen LogP contribution in [0.3, 0.4) is 0 Å². The minimum absolute atomic E-state index is 0.162. The molecule has 4 nitrogen and oxygen atoms in total. The molecule has 1 aromatic heterocycles. The largest absolute Gasteiger partial charge is 0.477 e. The number of carboxylic acids is 1. The quantitative estimate of drug-likeness (QED) is 0.918. The first-order chi connectivity index (χ1) is 9.02. The first kappa shape index (κ1) is 13.1. The molecule has 2 rings (SSSR count). The van der Waals surface area contributed by atoms with Crippen LogP contribution in [0.1, 0.15) is 34.5 Å². The summed E-state index contributed by atoms with van der Waals surface area (Å²) in [5, 5.41) is 9.11. The maximum absolute atomic E-state index is 12.2. The fourth-order valence-corrected chi connectivity index (χ4v) is 2.10. The molecule has 19 heavy (non-hydrogen) atoms. The smallest absolute Gasteiger partial charge is 0.341 e. The summed E-state index contributed by atoms with van der Waals surface area (Å²) >= 11 is 0. The predicted molar refractivity (Wildman–Crippen MR) is 72.7 cm³/mol. The van der Waals surface area contributed by atoms with Crippen LogP contribution in [-0.2, 0) is 0 Å². The lowest BCUT2D eigenvalue weighted by Crippen LogP contribution is -2.29. The lowest BCUT2D eigenvalue weighted by atomic mass is 10.1. The van der Waals surface area contributed by atoms with Crippen LogP contribution >= 0.6 is 0 Å². The third kappa shape index (κ3) is 2.42. The molecule has 98 valence electrons. The number of aromatic carboxylic acids is 1. The molecule has 0 aliphatic carbocycles. The number of carboxylic acid groups (broad SMARTS) is 1. The van der Waals surface area contributed by atoms with Crippen LogP contribution in [0, 0.1) is 6.92 Å². The minimum Gasteiger partial charge on any atom is -0.477 e. The average Bonchev–Trinajstić information content (AvgIpc) is 2.39. The Bertz CT molecular complexity index is 659. The molecule has 1 aromatic carbocycles. The summed E-state index contributed by atoms with van der Waals surface area (Å²) in [6.07, 6.45) is 1.64. The molecule has 1 atom stereocenters. The van der Waals surface area contributed by atoms with Gasteiger partial charge in [-0.2, -0.15) is 0 Å². The van der Waals surface area contributed by atoms with Gasteiger partial charge in [-0.25, -0.2) is 4.79 Å². The number of rotatable bonds is 3. The van der Waals surface area contributed by atoms with Gasteiger partial charge in [-0.1, -0.05) is 30.3 Å². The van der Waals surface area contributed by atoms with Crippen LogP contribution in [-0.4, -0.2) is 15.6 Å². The van der Waals surface area contributed by atoms with Crippen molar-refractivity contribution >= 4 is 5.97 Å². The first-order valence-corrected chi connectivity index (χ1v) is 6.02. The average molecular weight is 257 g/mol. The van der Waals surface area contributed by atoms with E-state index < -0.39 is 11.5 Å². The van der Waals surface area contributed by atoms with E-state index in [2.05, 4.69) is 0 Å². The van der Waals surface area contributed by atoms with Gasteiger partial charge in [0.05, 0.1) is 6.04 Å². The minimum atomic E-state index is -1.18. The van der Waals surface area contributed by atoms with Gasteiger partial charge < -0.3 is 9.67 Å². The zero-order chi connectivity index (χ0) is 14.0. The maximum Gasteiger partial charge on any atom is 0.341 e. The highest BCUT2D eigenvalue weighted by Crippen LogP contribution is 2.16. The Kier molecular flexibility index (Phi) is 3.51. The fourth-order valence-electron chi connectivity index (χ4n) is 2.10. The molecule has 0 bridgehead atoms. The molecule has 1 N–H and O–H groups in total. The Hall–Kier alpha value is -2.36. The summed E-state index contributed by atoms with van der Waals surface area (Å²) in [6, 6.07) is 11.0. The predicted octanol–water partition coefficient (Wildman–Crippen LogP) is 2.46. The van der Waals surface area contributed by atoms with Crippen molar-refractivity contribution in [2.45, 2.75) is 19.9 Å². The molecule has 0 fully saturated rings. The van der Waals surface area contributed by atoms with E-state index in [1.807, 2.05) is 37.3 Å². The number of nitrogens with zero attached hydrogens (tertiary/aromatic N) is 1. The molecule has 0 saturated heterocycles. The Morgan fingerprint density at radius 2 is 1.84 bits per heavy atom. The zero-order valence-electron chi connectivity index (χ0n) is 10.8. The van der Waals surface area contributed by atoms with Crippen LogP contribution in [0.2, 0.25) is 0 Å². The van der Waals surface area contributed by atoms with Crippen LogP contribution < -0.4 is 5.56 Å². The lowest BCUT2D eigenvalue weighted by molar-refractivity contribution is 0.0693. The van der Waals surface area contributed by atoms with Gasteiger partial charge in [0.1, 0.15) is 5.56 Å². The van der Waals surface area contributed by atoms with Gasteiger partial charge in [0, 0.05) is 6.20 Å². The first-order valence-electron chi connectivity index (χ1n) is 6.02. The van der Waals surface area contributed by atoms with Crippen molar-refractivity contribution in [3.63, 3.8) is 0 Å². The standard InChI is InChI=1S/C15H15NO3/c1-10-8-9-16(14(17)13(10)15(18)19)11(2)12-6-4-3-5-7-12/h3-9,11H,1-2H3,(H,18,19). The lowest BCUT2D eigenvalue weighted by Gasteiger charge is -2.16. The fraction of sp³-hybridized carbons (Fsp3) is 0.200. The molecule has 0 amide bonds. The van der Waals surface area contributed by atoms with Crippen molar-refractivity contribution in [1.29, 1.82) is 0 Å². The van der Waals surface area contributed by atoms with E-state index in [0.29, 0.717) is 5.56 Å². The second-order valence-electron chi connectivity index (χ2n) is 4.48. The van der Waals surface area contributed by atoms with E-state index in [9.17, 15) is 9.59 Å². The van der Waals surface area contributed by atoms with Gasteiger partial charge in [0.25, 0.3) is 5.56 Å². The van der Waals surface area contributed by atoms with Gasteiger partial charge in [0.2, 0.25) is 0 Å². The van der Waals surface area contributed by atoms with Crippen LogP contribution in [0.4, 0.5) is 0 Å². The van der Waals surface area contributed by atoms with Crippen molar-refractivity contribution in [3.05, 3.63) is 69.6 Å². The molecule has 0 aliphatic rings. The second kappa shape index (κ2) is 5.10. The molecule has 2 aromatic rings. The number of aryl methyl sites for hydroxylation is 1. The Morgan fingerprint density at radius 1 is 1.21 bits per heavy atom. The van der Waals surface area contributed by atoms with Gasteiger partial charge >= 0.3 is 5.97 Å². The van der Waals surface area contributed by atoms with Gasteiger partial charge in [-0.05, 0) is 31.0 Å². The highest BCUT2D eigenvalue weighted by molar-refractivity contribution is 5.88. The van der Waals surface area contributed by atoms with Gasteiger partial charge in [-0.3, -0.25) is 4.79 Å². The van der Waals surface area contributed by atoms with E-state index in [-0.39, 0.29) is 11.6 Å². The van der Waals surface area contributed by atoms with Gasteiger partial charge in [0.15, 0.2) is 0 Å². The van der Waals surface area contributed by atoms with Crippen molar-refractivity contribution in [2.24, 2.45) is 0 Å².